The Balaban J connectivity index is 1.50. The first-order chi connectivity index (χ1) is 20.7. The summed E-state index contributed by atoms with van der Waals surface area (Å²) < 4.78 is 48.9. The van der Waals surface area contributed by atoms with Crippen LogP contribution in [-0.4, -0.2) is 43.6 Å². The van der Waals surface area contributed by atoms with Gasteiger partial charge in [-0.25, -0.2) is 23.2 Å². The van der Waals surface area contributed by atoms with Crippen molar-refractivity contribution in [3.63, 3.8) is 0 Å². The number of hydrogen-bond acceptors (Lipinski definition) is 7. The predicted octanol–water partition coefficient (Wildman–Crippen LogP) is 6.08. The number of carboxylic acid groups (broad SMARTS) is 1. The van der Waals surface area contributed by atoms with Crippen LogP contribution < -0.4 is 5.14 Å². The second-order valence-corrected chi connectivity index (χ2v) is 12.8. The number of thiazole rings is 1. The van der Waals surface area contributed by atoms with E-state index in [-0.39, 0.29) is 28.9 Å². The second kappa shape index (κ2) is 12.3. The van der Waals surface area contributed by atoms with Gasteiger partial charge in [-0.1, -0.05) is 12.1 Å². The van der Waals surface area contributed by atoms with E-state index >= 15 is 4.39 Å². The van der Waals surface area contributed by atoms with Gasteiger partial charge < -0.3 is 14.4 Å². The van der Waals surface area contributed by atoms with Crippen LogP contribution in [0.4, 0.5) is 8.78 Å². The number of aromatic carboxylic acids is 1. The van der Waals surface area contributed by atoms with Crippen LogP contribution in [0, 0.1) is 17.6 Å². The highest BCUT2D eigenvalue weighted by Gasteiger charge is 2.30. The van der Waals surface area contributed by atoms with Crippen molar-refractivity contribution in [2.75, 3.05) is 7.11 Å². The number of ether oxygens (including phenoxy) is 1. The first kappa shape index (κ1) is 29.6. The van der Waals surface area contributed by atoms with Crippen molar-refractivity contribution in [3.05, 3.63) is 87.6 Å². The molecular formula is C31H30F2N4O4S2. The molecule has 43 heavy (non-hydrogen) atoms. The number of nitrogens with zero attached hydrogens (tertiary/aromatic N) is 3. The normalized spacial score (nSPS) is 17.6. The number of allylic oxidation sites excluding steroid dienone is 1. The maximum atomic E-state index is 15.2. The van der Waals surface area contributed by atoms with Gasteiger partial charge in [-0.05, 0) is 85.9 Å². The van der Waals surface area contributed by atoms with Gasteiger partial charge in [0, 0.05) is 35.6 Å². The minimum Gasteiger partial charge on any atom is -0.593 e. The number of rotatable bonds is 10. The summed E-state index contributed by atoms with van der Waals surface area (Å²) in [5, 5.41) is 21.8. The lowest BCUT2D eigenvalue weighted by atomic mass is 9.89. The Labute approximate surface area is 254 Å². The van der Waals surface area contributed by atoms with Gasteiger partial charge in [0.2, 0.25) is 10.0 Å². The zero-order valence-corrected chi connectivity index (χ0v) is 25.0. The first-order valence-corrected chi connectivity index (χ1v) is 16.1. The van der Waals surface area contributed by atoms with E-state index in [1.165, 1.54) is 34.9 Å². The lowest BCUT2D eigenvalue weighted by molar-refractivity contribution is 0.0691. The summed E-state index contributed by atoms with van der Waals surface area (Å²) in [4.78, 5) is 15.9. The van der Waals surface area contributed by atoms with Gasteiger partial charge >= 0.3 is 5.97 Å². The summed E-state index contributed by atoms with van der Waals surface area (Å²) in [6, 6.07) is 9.36. The topological polar surface area (TPSA) is 126 Å². The van der Waals surface area contributed by atoms with Gasteiger partial charge in [0.05, 0.1) is 28.9 Å². The van der Waals surface area contributed by atoms with Crippen LogP contribution in [0.3, 0.4) is 0 Å². The van der Waals surface area contributed by atoms with E-state index in [1.54, 1.807) is 30.0 Å². The molecule has 0 bridgehead atoms. The average Bonchev–Trinajstić information content (AvgIpc) is 3.55. The summed E-state index contributed by atoms with van der Waals surface area (Å²) in [6.45, 7) is 0. The molecule has 0 aliphatic heterocycles. The monoisotopic (exact) mass is 624 g/mol. The third kappa shape index (κ3) is 6.29. The number of benzene rings is 2. The molecule has 2 aliphatic rings. The minimum atomic E-state index is -1.96. The zero-order valence-electron chi connectivity index (χ0n) is 23.4. The lowest BCUT2D eigenvalue weighted by Gasteiger charge is -2.21. The fourth-order valence-electron chi connectivity index (χ4n) is 5.54. The summed E-state index contributed by atoms with van der Waals surface area (Å²) >= 11 is -0.787. The molecule has 2 aromatic heterocycles. The van der Waals surface area contributed by atoms with Crippen molar-refractivity contribution < 1.29 is 28.0 Å². The Bertz CT molecular complexity index is 1710. The van der Waals surface area contributed by atoms with Crippen molar-refractivity contribution in [2.45, 2.75) is 55.9 Å². The maximum Gasteiger partial charge on any atom is 0.355 e. The first-order valence-electron chi connectivity index (χ1n) is 14.0. The Hall–Kier alpha value is -3.42. The highest BCUT2D eigenvalue weighted by Crippen LogP contribution is 2.39. The van der Waals surface area contributed by atoms with E-state index in [9.17, 15) is 18.8 Å². The molecule has 0 radical (unpaired) electrons. The number of carboxylic acids is 1. The number of nitrogens with two attached hydrogens (primary N) is 1. The largest absolute Gasteiger partial charge is 0.593 e. The van der Waals surface area contributed by atoms with E-state index in [1.807, 2.05) is 6.08 Å². The standard InChI is InChI=1S/C31H30F2N4O4S2/c1-41-21-8-5-19(6-9-21)22-15-20(7-10-24(22)32)29-23(12-18-4-11-28(43(34)40)25(33)13-18)27(14-17-2-3-17)37(36-29)31-35-26(16-42-31)30(38)39/h4-5,7,10-11,13,15-17,21H,2-3,6,8-9,12,14,34H2,1H3,(H,38,39). The molecule has 0 saturated heterocycles. The molecule has 12 heteroatoms. The fourth-order valence-corrected chi connectivity index (χ4v) is 6.76. The van der Waals surface area contributed by atoms with Crippen LogP contribution in [0.5, 0.6) is 0 Å². The Morgan fingerprint density at radius 3 is 2.65 bits per heavy atom. The van der Waals surface area contributed by atoms with E-state index < -0.39 is 23.1 Å². The maximum absolute atomic E-state index is 15.2. The molecule has 2 heterocycles. The number of hydrogen-bond donors (Lipinski definition) is 2. The number of methoxy groups -OCH3 is 1. The van der Waals surface area contributed by atoms with Crippen LogP contribution in [0.1, 0.15) is 65.0 Å². The Morgan fingerprint density at radius 1 is 1.21 bits per heavy atom. The number of carbonyl (C=O) groups is 1. The molecule has 2 aliphatic carbocycles. The van der Waals surface area contributed by atoms with Gasteiger partial charge in [0.15, 0.2) is 11.5 Å². The quantitative estimate of drug-likeness (QED) is 0.205. The van der Waals surface area contributed by atoms with Crippen molar-refractivity contribution in [1.82, 2.24) is 14.8 Å². The summed E-state index contributed by atoms with van der Waals surface area (Å²) in [5.41, 5.74) is 4.89. The van der Waals surface area contributed by atoms with Crippen molar-refractivity contribution in [1.29, 1.82) is 0 Å². The molecule has 1 saturated carbocycles. The summed E-state index contributed by atoms with van der Waals surface area (Å²) in [6.07, 6.45) is 7.38. The second-order valence-electron chi connectivity index (χ2n) is 10.9. The third-order valence-corrected chi connectivity index (χ3v) is 9.62. The highest BCUT2D eigenvalue weighted by atomic mass is 32.2. The predicted molar refractivity (Wildman–Crippen MR) is 160 cm³/mol. The van der Waals surface area contributed by atoms with Gasteiger partial charge in [-0.3, -0.25) is 0 Å². The van der Waals surface area contributed by atoms with Crippen LogP contribution >= 0.6 is 11.3 Å². The molecule has 4 aromatic rings. The SMILES string of the molecule is COC1CC=C(c2cc(-c3nn(-c4nc(C(=O)O)cs4)c(CC4CC4)c3Cc3ccc([S+](N)[O-])c(F)c3)ccc2F)CC1. The number of halogens is 2. The van der Waals surface area contributed by atoms with Gasteiger partial charge in [-0.15, -0.1) is 16.5 Å². The molecule has 2 atom stereocenters. The van der Waals surface area contributed by atoms with E-state index in [0.717, 1.165) is 36.1 Å². The number of aromatic nitrogens is 3. The van der Waals surface area contributed by atoms with E-state index in [2.05, 4.69) is 4.98 Å². The molecule has 0 amide bonds. The smallest absolute Gasteiger partial charge is 0.355 e. The average molecular weight is 625 g/mol. The minimum absolute atomic E-state index is 0.0777. The van der Waals surface area contributed by atoms with E-state index in [0.29, 0.717) is 52.7 Å². The van der Waals surface area contributed by atoms with Crippen LogP contribution in [0.25, 0.3) is 22.0 Å². The fraction of sp³-hybridized carbons (Fsp3) is 0.323. The van der Waals surface area contributed by atoms with Gasteiger partial charge in [0.25, 0.3) is 0 Å². The molecule has 6 rings (SSSR count). The molecular weight excluding hydrogens is 594 g/mol. The van der Waals surface area contributed by atoms with Crippen molar-refractivity contribution in [3.8, 4) is 16.4 Å². The Kier molecular flexibility index (Phi) is 8.47. The highest BCUT2D eigenvalue weighted by molar-refractivity contribution is 7.89. The molecule has 224 valence electrons. The van der Waals surface area contributed by atoms with Crippen molar-refractivity contribution >= 4 is 34.2 Å². The molecule has 0 spiro atoms. The van der Waals surface area contributed by atoms with Gasteiger partial charge in [0.1, 0.15) is 5.82 Å². The molecule has 3 N–H and O–H groups in total. The van der Waals surface area contributed by atoms with Crippen molar-refractivity contribution in [2.24, 2.45) is 11.1 Å². The van der Waals surface area contributed by atoms with E-state index in [4.69, 9.17) is 15.0 Å². The third-order valence-electron chi connectivity index (χ3n) is 8.04. The molecule has 2 aromatic carbocycles. The lowest BCUT2D eigenvalue weighted by Crippen LogP contribution is -2.14. The van der Waals surface area contributed by atoms with Crippen LogP contribution in [0.15, 0.2) is 52.7 Å². The Morgan fingerprint density at radius 2 is 2.02 bits per heavy atom. The molecule has 1 fully saturated rings. The summed E-state index contributed by atoms with van der Waals surface area (Å²) in [7, 11) is 1.68. The molecule has 8 nitrogen and oxygen atoms in total. The zero-order chi connectivity index (χ0) is 30.2. The van der Waals surface area contributed by atoms with Gasteiger partial charge in [-0.2, -0.15) is 5.10 Å². The van der Waals surface area contributed by atoms with Crippen LogP contribution in [-0.2, 0) is 28.9 Å². The molecule has 2 unspecified atom stereocenters. The summed E-state index contributed by atoms with van der Waals surface area (Å²) in [5.74, 6) is -1.69. The van der Waals surface area contributed by atoms with Crippen LogP contribution in [0.2, 0.25) is 0 Å².